The summed E-state index contributed by atoms with van der Waals surface area (Å²) in [5.74, 6) is 4.80. The fourth-order valence-electron chi connectivity index (χ4n) is 0.547. The van der Waals surface area contributed by atoms with Gasteiger partial charge >= 0.3 is 0 Å². The normalized spacial score (nSPS) is 9.69. The van der Waals surface area contributed by atoms with Crippen LogP contribution in [0.3, 0.4) is 0 Å². The van der Waals surface area contributed by atoms with Gasteiger partial charge in [0.1, 0.15) is 0 Å². The molecule has 0 spiro atoms. The number of hydrogen-bond acceptors (Lipinski definition) is 5. The summed E-state index contributed by atoms with van der Waals surface area (Å²) >= 11 is 6.76. The van der Waals surface area contributed by atoms with Crippen molar-refractivity contribution in [2.24, 2.45) is 5.84 Å². The van der Waals surface area contributed by atoms with Crippen LogP contribution in [-0.4, -0.2) is 21.6 Å². The van der Waals surface area contributed by atoms with E-state index < -0.39 is 0 Å². The predicted octanol–water partition coefficient (Wildman–Crippen LogP) is 0.212. The summed E-state index contributed by atoms with van der Waals surface area (Å²) in [7, 11) is 0. The summed E-state index contributed by atoms with van der Waals surface area (Å²) in [4.78, 5) is 18.5. The van der Waals surface area contributed by atoms with E-state index in [-0.39, 0.29) is 11.7 Å². The highest BCUT2D eigenvalue weighted by atomic mass is 35.5. The Labute approximate surface area is 84.0 Å². The number of aromatic nitrogens is 2. The molecule has 0 saturated heterocycles. The van der Waals surface area contributed by atoms with Gasteiger partial charge in [-0.3, -0.25) is 10.2 Å². The molecule has 1 amide bonds. The molecular formula is C6H7ClN4OS. The molecule has 0 aliphatic carbocycles. The molecule has 3 N–H and O–H groups in total. The number of hydrazine groups is 1. The quantitative estimate of drug-likeness (QED) is 0.249. The Kier molecular flexibility index (Phi) is 3.94. The Hall–Kier alpha value is -0.850. The number of nitrogens with two attached hydrogens (primary N) is 1. The number of nitrogens with one attached hydrogen (secondary N) is 1. The number of carbonyl (C=O) groups excluding carboxylic acids is 1. The third-order valence-corrected chi connectivity index (χ3v) is 2.16. The summed E-state index contributed by atoms with van der Waals surface area (Å²) in [6, 6.07) is 0. The van der Waals surface area contributed by atoms with Crippen LogP contribution in [-0.2, 0) is 4.79 Å². The second-order valence-electron chi connectivity index (χ2n) is 2.04. The minimum atomic E-state index is -0.274. The molecule has 0 saturated carbocycles. The van der Waals surface area contributed by atoms with Gasteiger partial charge in [0.15, 0.2) is 5.16 Å². The molecule has 70 valence electrons. The fraction of sp³-hybridized carbons (Fsp3) is 0.167. The monoisotopic (exact) mass is 218 g/mol. The zero-order chi connectivity index (χ0) is 9.68. The SMILES string of the molecule is NNC(=O)CSc1ncc(Cl)cn1. The second-order valence-corrected chi connectivity index (χ2v) is 3.42. The third-order valence-electron chi connectivity index (χ3n) is 1.09. The van der Waals surface area contributed by atoms with Crippen molar-refractivity contribution in [1.29, 1.82) is 0 Å². The number of carbonyl (C=O) groups is 1. The summed E-state index contributed by atoms with van der Waals surface area (Å²) in [5.41, 5.74) is 2.01. The molecule has 7 heteroatoms. The van der Waals surface area contributed by atoms with Gasteiger partial charge in [-0.2, -0.15) is 0 Å². The lowest BCUT2D eigenvalue weighted by Gasteiger charge is -1.98. The highest BCUT2D eigenvalue weighted by molar-refractivity contribution is 7.99. The van der Waals surface area contributed by atoms with Gasteiger partial charge in [-0.15, -0.1) is 0 Å². The Morgan fingerprint density at radius 1 is 1.62 bits per heavy atom. The standard InChI is InChI=1S/C6H7ClN4OS/c7-4-1-9-6(10-2-4)13-3-5(12)11-8/h1-2H,3,8H2,(H,11,12). The average molecular weight is 219 g/mol. The summed E-state index contributed by atoms with van der Waals surface area (Å²) in [6.07, 6.45) is 2.94. The second kappa shape index (κ2) is 5.00. The maximum Gasteiger partial charge on any atom is 0.244 e. The summed E-state index contributed by atoms with van der Waals surface area (Å²) in [5, 5.41) is 0.959. The van der Waals surface area contributed by atoms with E-state index in [9.17, 15) is 4.79 Å². The van der Waals surface area contributed by atoms with Crippen molar-refractivity contribution in [1.82, 2.24) is 15.4 Å². The molecule has 13 heavy (non-hydrogen) atoms. The van der Waals surface area contributed by atoms with Gasteiger partial charge in [0, 0.05) is 0 Å². The van der Waals surface area contributed by atoms with Crippen molar-refractivity contribution in [2.45, 2.75) is 5.16 Å². The van der Waals surface area contributed by atoms with E-state index in [0.29, 0.717) is 10.2 Å². The Morgan fingerprint density at radius 3 is 2.77 bits per heavy atom. The lowest BCUT2D eigenvalue weighted by atomic mass is 10.7. The van der Waals surface area contributed by atoms with E-state index in [4.69, 9.17) is 17.4 Å². The predicted molar refractivity (Wildman–Crippen MR) is 50.1 cm³/mol. The first kappa shape index (κ1) is 10.2. The van der Waals surface area contributed by atoms with Crippen molar-refractivity contribution < 1.29 is 4.79 Å². The highest BCUT2D eigenvalue weighted by Gasteiger charge is 2.02. The molecule has 0 atom stereocenters. The lowest BCUT2D eigenvalue weighted by Crippen LogP contribution is -2.31. The van der Waals surface area contributed by atoms with Crippen molar-refractivity contribution in [3.8, 4) is 0 Å². The van der Waals surface area contributed by atoms with E-state index in [1.165, 1.54) is 24.2 Å². The molecule has 0 unspecified atom stereocenters. The fourth-order valence-corrected chi connectivity index (χ4v) is 1.24. The maximum absolute atomic E-state index is 10.7. The van der Waals surface area contributed by atoms with Gasteiger partial charge in [0.05, 0.1) is 23.2 Å². The van der Waals surface area contributed by atoms with Gasteiger partial charge in [-0.1, -0.05) is 23.4 Å². The van der Waals surface area contributed by atoms with Crippen molar-refractivity contribution >= 4 is 29.3 Å². The van der Waals surface area contributed by atoms with Gasteiger partial charge in [0.25, 0.3) is 0 Å². The topological polar surface area (TPSA) is 80.9 Å². The van der Waals surface area contributed by atoms with Crippen LogP contribution in [0.1, 0.15) is 0 Å². The lowest BCUT2D eigenvalue weighted by molar-refractivity contribution is -0.118. The Morgan fingerprint density at radius 2 is 2.23 bits per heavy atom. The van der Waals surface area contributed by atoms with E-state index >= 15 is 0 Å². The number of nitrogens with zero attached hydrogens (tertiary/aromatic N) is 2. The van der Waals surface area contributed by atoms with E-state index in [0.717, 1.165) is 0 Å². The first-order valence-corrected chi connectivity index (χ1v) is 4.68. The first-order valence-electron chi connectivity index (χ1n) is 3.32. The van der Waals surface area contributed by atoms with Crippen LogP contribution >= 0.6 is 23.4 Å². The third kappa shape index (κ3) is 3.58. The van der Waals surface area contributed by atoms with E-state index in [2.05, 4.69) is 9.97 Å². The van der Waals surface area contributed by atoms with Crippen LogP contribution in [0, 0.1) is 0 Å². The molecular weight excluding hydrogens is 212 g/mol. The molecule has 0 fully saturated rings. The minimum absolute atomic E-state index is 0.193. The minimum Gasteiger partial charge on any atom is -0.294 e. The zero-order valence-corrected chi connectivity index (χ0v) is 8.10. The first-order chi connectivity index (χ1) is 6.22. The smallest absolute Gasteiger partial charge is 0.244 e. The van der Waals surface area contributed by atoms with Crippen molar-refractivity contribution in [3.63, 3.8) is 0 Å². The number of rotatable bonds is 3. The summed E-state index contributed by atoms with van der Waals surface area (Å²) in [6.45, 7) is 0. The summed E-state index contributed by atoms with van der Waals surface area (Å²) < 4.78 is 0. The van der Waals surface area contributed by atoms with Crippen LogP contribution in [0.2, 0.25) is 5.02 Å². The highest BCUT2D eigenvalue weighted by Crippen LogP contribution is 2.12. The Balaban J connectivity index is 2.46. The number of thioether (sulfide) groups is 1. The van der Waals surface area contributed by atoms with Crippen LogP contribution in [0.4, 0.5) is 0 Å². The molecule has 0 aliphatic heterocycles. The molecule has 1 aromatic rings. The molecule has 1 rings (SSSR count). The molecule has 1 aromatic heterocycles. The largest absolute Gasteiger partial charge is 0.294 e. The van der Waals surface area contributed by atoms with Crippen LogP contribution in [0.5, 0.6) is 0 Å². The number of amides is 1. The molecule has 5 nitrogen and oxygen atoms in total. The van der Waals surface area contributed by atoms with Crippen molar-refractivity contribution in [3.05, 3.63) is 17.4 Å². The molecule has 0 aromatic carbocycles. The molecule has 0 bridgehead atoms. The van der Waals surface area contributed by atoms with Gasteiger partial charge in [-0.05, 0) is 0 Å². The van der Waals surface area contributed by atoms with Gasteiger partial charge < -0.3 is 0 Å². The average Bonchev–Trinajstić information content (AvgIpc) is 2.16. The number of hydrogen-bond donors (Lipinski definition) is 2. The molecule has 0 aliphatic rings. The Bertz CT molecular complexity index is 291. The van der Waals surface area contributed by atoms with Gasteiger partial charge in [-0.25, -0.2) is 15.8 Å². The van der Waals surface area contributed by atoms with Gasteiger partial charge in [0.2, 0.25) is 5.91 Å². The van der Waals surface area contributed by atoms with Crippen molar-refractivity contribution in [2.75, 3.05) is 5.75 Å². The number of halogens is 1. The van der Waals surface area contributed by atoms with E-state index in [1.807, 2.05) is 5.43 Å². The maximum atomic E-state index is 10.7. The van der Waals surface area contributed by atoms with Crippen LogP contribution in [0.15, 0.2) is 17.6 Å². The molecule has 0 radical (unpaired) electrons. The zero-order valence-electron chi connectivity index (χ0n) is 6.53. The van der Waals surface area contributed by atoms with Crippen LogP contribution in [0.25, 0.3) is 0 Å². The van der Waals surface area contributed by atoms with E-state index in [1.54, 1.807) is 0 Å². The van der Waals surface area contributed by atoms with Crippen LogP contribution < -0.4 is 11.3 Å². The molecule has 1 heterocycles.